The third-order valence-corrected chi connectivity index (χ3v) is 3.31. The smallest absolute Gasteiger partial charge is 0.408 e. The van der Waals surface area contributed by atoms with Crippen LogP contribution in [0.3, 0.4) is 0 Å². The molecule has 9 heteroatoms. The van der Waals surface area contributed by atoms with Crippen LogP contribution in [0.25, 0.3) is 0 Å². The Kier molecular flexibility index (Phi) is 7.73. The third-order valence-electron chi connectivity index (χ3n) is 3.31. The van der Waals surface area contributed by atoms with Crippen LogP contribution in [0.4, 0.5) is 4.79 Å². The zero-order chi connectivity index (χ0) is 18.1. The van der Waals surface area contributed by atoms with Crippen molar-refractivity contribution in [3.05, 3.63) is 12.2 Å². The van der Waals surface area contributed by atoms with Gasteiger partial charge in [0.05, 0.1) is 13.5 Å². The maximum Gasteiger partial charge on any atom is 0.408 e. The number of carbonyl (C=O) groups excluding carboxylic acids is 4. The molecule has 0 aliphatic carbocycles. The first-order chi connectivity index (χ1) is 11.3. The molecule has 0 spiro atoms. The molecule has 0 fully saturated rings. The van der Waals surface area contributed by atoms with E-state index in [4.69, 9.17) is 4.74 Å². The fraction of sp³-hybridized carbons (Fsp3) is 0.600. The van der Waals surface area contributed by atoms with Crippen molar-refractivity contribution in [1.82, 2.24) is 16.0 Å². The summed E-state index contributed by atoms with van der Waals surface area (Å²) in [5.41, 5.74) is 0. The van der Waals surface area contributed by atoms with Crippen LogP contribution in [0.1, 0.15) is 20.3 Å². The maximum atomic E-state index is 12.4. The molecule has 1 aliphatic heterocycles. The summed E-state index contributed by atoms with van der Waals surface area (Å²) in [5, 5.41) is 7.45. The molecule has 1 aliphatic rings. The van der Waals surface area contributed by atoms with E-state index in [0.717, 1.165) is 7.11 Å². The minimum atomic E-state index is -1.14. The van der Waals surface area contributed by atoms with Gasteiger partial charge in [0.25, 0.3) is 0 Å². The highest BCUT2D eigenvalue weighted by Gasteiger charge is 2.30. The highest BCUT2D eigenvalue weighted by Crippen LogP contribution is 2.05. The highest BCUT2D eigenvalue weighted by molar-refractivity contribution is 5.92. The minimum absolute atomic E-state index is 0.0128. The van der Waals surface area contributed by atoms with Crippen molar-refractivity contribution < 1.29 is 28.7 Å². The Bertz CT molecular complexity index is 517. The summed E-state index contributed by atoms with van der Waals surface area (Å²) in [6.45, 7) is 3.68. The SMILES string of the molecule is COC(=O)[C@@H]1CC(=O)NCC=CCOC(=O)N[C@@H](C(C)C)C(=O)N1. The number of cyclic esters (lactones) is 1. The van der Waals surface area contributed by atoms with Crippen LogP contribution < -0.4 is 16.0 Å². The predicted octanol–water partition coefficient (Wildman–Crippen LogP) is -0.529. The number of ether oxygens (including phenoxy) is 2. The summed E-state index contributed by atoms with van der Waals surface area (Å²) in [7, 11) is 1.16. The molecule has 3 N–H and O–H groups in total. The van der Waals surface area contributed by atoms with E-state index < -0.39 is 36.0 Å². The quantitative estimate of drug-likeness (QED) is 0.458. The molecule has 9 nitrogen and oxygen atoms in total. The summed E-state index contributed by atoms with van der Waals surface area (Å²) in [6.07, 6.45) is 2.17. The van der Waals surface area contributed by atoms with Gasteiger partial charge in [-0.2, -0.15) is 0 Å². The maximum absolute atomic E-state index is 12.4. The molecule has 0 radical (unpaired) electrons. The molecule has 24 heavy (non-hydrogen) atoms. The molecule has 1 rings (SSSR count). The van der Waals surface area contributed by atoms with Crippen molar-refractivity contribution in [2.45, 2.75) is 32.4 Å². The van der Waals surface area contributed by atoms with Crippen LogP contribution in [0, 0.1) is 5.92 Å². The van der Waals surface area contributed by atoms with Crippen LogP contribution in [0.5, 0.6) is 0 Å². The zero-order valence-corrected chi connectivity index (χ0v) is 14.0. The fourth-order valence-corrected chi connectivity index (χ4v) is 2.01. The number of esters is 1. The molecule has 0 aromatic carbocycles. The molecule has 0 bridgehead atoms. The number of amides is 3. The topological polar surface area (TPSA) is 123 Å². The Labute approximate surface area is 140 Å². The summed E-state index contributed by atoms with van der Waals surface area (Å²) in [4.78, 5) is 47.8. The van der Waals surface area contributed by atoms with Crippen molar-refractivity contribution in [2.75, 3.05) is 20.3 Å². The van der Waals surface area contributed by atoms with Gasteiger partial charge in [-0.1, -0.05) is 19.9 Å². The summed E-state index contributed by atoms with van der Waals surface area (Å²) in [5.74, 6) is -2.02. The van der Waals surface area contributed by atoms with E-state index in [1.807, 2.05) is 0 Å². The second-order valence-corrected chi connectivity index (χ2v) is 5.53. The van der Waals surface area contributed by atoms with Crippen molar-refractivity contribution in [3.63, 3.8) is 0 Å². The van der Waals surface area contributed by atoms with Crippen LogP contribution in [0.2, 0.25) is 0 Å². The second-order valence-electron chi connectivity index (χ2n) is 5.53. The van der Waals surface area contributed by atoms with Gasteiger partial charge in [0, 0.05) is 6.54 Å². The highest BCUT2D eigenvalue weighted by atomic mass is 16.5. The van der Waals surface area contributed by atoms with Crippen molar-refractivity contribution in [2.24, 2.45) is 5.92 Å². The van der Waals surface area contributed by atoms with Gasteiger partial charge in [-0.3, -0.25) is 9.59 Å². The van der Waals surface area contributed by atoms with Gasteiger partial charge in [0.2, 0.25) is 11.8 Å². The van der Waals surface area contributed by atoms with Crippen LogP contribution in [-0.4, -0.2) is 56.2 Å². The lowest BCUT2D eigenvalue weighted by Crippen LogP contribution is -2.54. The van der Waals surface area contributed by atoms with Crippen molar-refractivity contribution in [1.29, 1.82) is 0 Å². The van der Waals surface area contributed by atoms with E-state index in [1.165, 1.54) is 0 Å². The molecular formula is C15H23N3O6. The monoisotopic (exact) mass is 341 g/mol. The molecule has 0 saturated carbocycles. The molecule has 1 heterocycles. The van der Waals surface area contributed by atoms with Gasteiger partial charge in [-0.25, -0.2) is 9.59 Å². The first kappa shape index (κ1) is 19.5. The number of carbonyl (C=O) groups is 4. The number of methoxy groups -OCH3 is 1. The van der Waals surface area contributed by atoms with Crippen LogP contribution >= 0.6 is 0 Å². The molecule has 0 aromatic heterocycles. The van der Waals surface area contributed by atoms with Crippen LogP contribution in [-0.2, 0) is 23.9 Å². The van der Waals surface area contributed by atoms with Crippen molar-refractivity contribution in [3.8, 4) is 0 Å². The van der Waals surface area contributed by atoms with Gasteiger partial charge < -0.3 is 25.4 Å². The Morgan fingerprint density at radius 3 is 2.58 bits per heavy atom. The predicted molar refractivity (Wildman–Crippen MR) is 83.8 cm³/mol. The molecule has 134 valence electrons. The Balaban J connectivity index is 2.98. The van der Waals surface area contributed by atoms with E-state index in [2.05, 4.69) is 20.7 Å². The first-order valence-electron chi connectivity index (χ1n) is 7.58. The molecule has 0 saturated heterocycles. The lowest BCUT2D eigenvalue weighted by Gasteiger charge is -2.24. The third kappa shape index (κ3) is 6.27. The van der Waals surface area contributed by atoms with Gasteiger partial charge in [-0.15, -0.1) is 0 Å². The van der Waals surface area contributed by atoms with E-state index >= 15 is 0 Å². The number of nitrogens with one attached hydrogen (secondary N) is 3. The largest absolute Gasteiger partial charge is 0.467 e. The average Bonchev–Trinajstić information content (AvgIpc) is 2.53. The average molecular weight is 341 g/mol. The number of rotatable bonds is 2. The lowest BCUT2D eigenvalue weighted by atomic mass is 10.0. The van der Waals surface area contributed by atoms with E-state index in [-0.39, 0.29) is 25.5 Å². The van der Waals surface area contributed by atoms with Crippen molar-refractivity contribution >= 4 is 23.9 Å². The normalized spacial score (nSPS) is 23.4. The molecule has 0 aromatic rings. The van der Waals surface area contributed by atoms with Gasteiger partial charge in [0.15, 0.2) is 0 Å². The standard InChI is InChI=1S/C15H23N3O6/c1-9(2)12-13(20)17-10(14(21)23-3)8-11(19)16-6-4-5-7-24-15(22)18-12/h4-5,9-10,12H,6-8H2,1-3H3,(H,16,19)(H,17,20)(H,18,22)/t10-,12-/m0/s1. The molecule has 2 atom stereocenters. The molecular weight excluding hydrogens is 318 g/mol. The number of hydrogen-bond donors (Lipinski definition) is 3. The first-order valence-corrected chi connectivity index (χ1v) is 7.58. The van der Waals surface area contributed by atoms with Gasteiger partial charge in [-0.05, 0) is 12.0 Å². The van der Waals surface area contributed by atoms with Crippen LogP contribution in [0.15, 0.2) is 12.2 Å². The van der Waals surface area contributed by atoms with Gasteiger partial charge >= 0.3 is 12.1 Å². The minimum Gasteiger partial charge on any atom is -0.467 e. The van der Waals surface area contributed by atoms with E-state index in [1.54, 1.807) is 26.0 Å². The fourth-order valence-electron chi connectivity index (χ4n) is 2.01. The molecule has 0 unspecified atom stereocenters. The van der Waals surface area contributed by atoms with Gasteiger partial charge in [0.1, 0.15) is 18.7 Å². The second kappa shape index (κ2) is 9.53. The summed E-state index contributed by atoms with van der Waals surface area (Å²) in [6, 6.07) is -2.06. The number of hydrogen-bond acceptors (Lipinski definition) is 6. The lowest BCUT2D eigenvalue weighted by molar-refractivity contribution is -0.147. The van der Waals surface area contributed by atoms with E-state index in [0.29, 0.717) is 0 Å². The van der Waals surface area contributed by atoms with E-state index in [9.17, 15) is 19.2 Å². The Morgan fingerprint density at radius 1 is 1.25 bits per heavy atom. The number of alkyl carbamates (subject to hydrolysis) is 1. The zero-order valence-electron chi connectivity index (χ0n) is 14.0. The Hall–Kier alpha value is -2.58. The summed E-state index contributed by atoms with van der Waals surface area (Å²) >= 11 is 0. The molecule has 3 amide bonds. The Morgan fingerprint density at radius 2 is 1.96 bits per heavy atom. The summed E-state index contributed by atoms with van der Waals surface area (Å²) < 4.78 is 9.53.